The molecule has 134 valence electrons. The quantitative estimate of drug-likeness (QED) is 0.693. The molecule has 0 unspecified atom stereocenters. The van der Waals surface area contributed by atoms with Crippen LogP contribution in [-0.4, -0.2) is 32.3 Å². The van der Waals surface area contributed by atoms with Crippen molar-refractivity contribution in [2.24, 2.45) is 0 Å². The van der Waals surface area contributed by atoms with Gasteiger partial charge in [0.1, 0.15) is 17.0 Å². The zero-order valence-electron chi connectivity index (χ0n) is 15.6. The molecule has 1 aliphatic heterocycles. The number of hydrogen-bond acceptors (Lipinski definition) is 4. The van der Waals surface area contributed by atoms with Gasteiger partial charge in [-0.1, -0.05) is 30.3 Å². The maximum atomic E-state index is 5.59. The van der Waals surface area contributed by atoms with E-state index in [1.807, 2.05) is 6.07 Å². The summed E-state index contributed by atoms with van der Waals surface area (Å²) in [5.74, 6) is 1.57. The normalized spacial score (nSPS) is 13.1. The third kappa shape index (κ3) is 2.85. The molecule has 3 aromatic rings. The standard InChI is InChI=1S/C22H24N2O2/c1-15-18-10-12-24(11-9-16-7-5-4-6-8-16)22(18)19-13-17(25-2)14-20(26-3)21(19)23-15/h4-8,13-14H,9-12H2,1-3H3. The highest BCUT2D eigenvalue weighted by Gasteiger charge is 2.26. The van der Waals surface area contributed by atoms with E-state index in [1.54, 1.807) is 14.2 Å². The summed E-state index contributed by atoms with van der Waals surface area (Å²) in [7, 11) is 3.38. The Hall–Kier alpha value is -2.75. The van der Waals surface area contributed by atoms with Gasteiger partial charge < -0.3 is 14.4 Å². The molecule has 0 bridgehead atoms. The molecule has 0 amide bonds. The molecule has 0 spiro atoms. The zero-order chi connectivity index (χ0) is 18.1. The minimum Gasteiger partial charge on any atom is -0.497 e. The molecule has 2 heterocycles. The van der Waals surface area contributed by atoms with Crippen molar-refractivity contribution >= 4 is 16.6 Å². The molecule has 4 rings (SSSR count). The van der Waals surface area contributed by atoms with Crippen LogP contribution in [0.2, 0.25) is 0 Å². The van der Waals surface area contributed by atoms with Gasteiger partial charge in [0.05, 0.1) is 19.9 Å². The van der Waals surface area contributed by atoms with Crippen molar-refractivity contribution in [2.75, 3.05) is 32.2 Å². The van der Waals surface area contributed by atoms with E-state index in [0.717, 1.165) is 54.0 Å². The number of methoxy groups -OCH3 is 2. The van der Waals surface area contributed by atoms with E-state index < -0.39 is 0 Å². The molecule has 0 atom stereocenters. The summed E-state index contributed by atoms with van der Waals surface area (Å²) in [5.41, 5.74) is 6.02. The Morgan fingerprint density at radius 1 is 1.08 bits per heavy atom. The SMILES string of the molecule is COc1cc(OC)c2nc(C)c3c(c2c1)N(CCc1ccccc1)CC3. The lowest BCUT2D eigenvalue weighted by Gasteiger charge is -2.22. The predicted molar refractivity (Wildman–Crippen MR) is 106 cm³/mol. The van der Waals surface area contributed by atoms with E-state index in [4.69, 9.17) is 14.5 Å². The largest absolute Gasteiger partial charge is 0.497 e. The van der Waals surface area contributed by atoms with Crippen LogP contribution < -0.4 is 14.4 Å². The number of aryl methyl sites for hydroxylation is 1. The summed E-state index contributed by atoms with van der Waals surface area (Å²) in [5, 5.41) is 1.12. The highest BCUT2D eigenvalue weighted by Crippen LogP contribution is 2.41. The first kappa shape index (κ1) is 16.7. The molecule has 0 aliphatic carbocycles. The summed E-state index contributed by atoms with van der Waals surface area (Å²) in [6.45, 7) is 4.13. The number of anilines is 1. The Morgan fingerprint density at radius 2 is 1.88 bits per heavy atom. The molecular formula is C22H24N2O2. The molecule has 4 nitrogen and oxygen atoms in total. The monoisotopic (exact) mass is 348 g/mol. The summed E-state index contributed by atoms with van der Waals surface area (Å²) in [4.78, 5) is 7.32. The van der Waals surface area contributed by atoms with Crippen molar-refractivity contribution in [3.63, 3.8) is 0 Å². The van der Waals surface area contributed by atoms with E-state index in [1.165, 1.54) is 16.8 Å². The van der Waals surface area contributed by atoms with Crippen molar-refractivity contribution < 1.29 is 9.47 Å². The zero-order valence-corrected chi connectivity index (χ0v) is 15.6. The summed E-state index contributed by atoms with van der Waals surface area (Å²) in [6, 6.07) is 14.7. The lowest BCUT2D eigenvalue weighted by Crippen LogP contribution is -2.23. The Bertz CT molecular complexity index is 938. The number of hydrogen-bond donors (Lipinski definition) is 0. The minimum absolute atomic E-state index is 0.764. The van der Waals surface area contributed by atoms with E-state index in [0.29, 0.717) is 0 Å². The molecule has 1 aliphatic rings. The van der Waals surface area contributed by atoms with Gasteiger partial charge in [0, 0.05) is 30.2 Å². The molecule has 26 heavy (non-hydrogen) atoms. The average Bonchev–Trinajstić information content (AvgIpc) is 3.11. The summed E-state index contributed by atoms with van der Waals surface area (Å²) >= 11 is 0. The van der Waals surface area contributed by atoms with Crippen LogP contribution in [0.3, 0.4) is 0 Å². The van der Waals surface area contributed by atoms with Crippen LogP contribution in [-0.2, 0) is 12.8 Å². The predicted octanol–water partition coefficient (Wildman–Crippen LogP) is 4.17. The lowest BCUT2D eigenvalue weighted by atomic mass is 10.1. The first-order valence-corrected chi connectivity index (χ1v) is 9.05. The molecule has 0 N–H and O–H groups in total. The van der Waals surface area contributed by atoms with Gasteiger partial charge in [-0.05, 0) is 37.0 Å². The van der Waals surface area contributed by atoms with Crippen LogP contribution in [0, 0.1) is 6.92 Å². The second kappa shape index (κ2) is 6.87. The number of rotatable bonds is 5. The van der Waals surface area contributed by atoms with E-state index >= 15 is 0 Å². The van der Waals surface area contributed by atoms with E-state index in [2.05, 4.69) is 48.2 Å². The summed E-state index contributed by atoms with van der Waals surface area (Å²) in [6.07, 6.45) is 2.07. The number of ether oxygens (including phenoxy) is 2. The fourth-order valence-corrected chi connectivity index (χ4v) is 3.87. The van der Waals surface area contributed by atoms with Crippen molar-refractivity contribution in [1.29, 1.82) is 0 Å². The molecule has 4 heteroatoms. The van der Waals surface area contributed by atoms with Crippen molar-refractivity contribution in [3.8, 4) is 11.5 Å². The van der Waals surface area contributed by atoms with Gasteiger partial charge >= 0.3 is 0 Å². The second-order valence-corrected chi connectivity index (χ2v) is 6.72. The van der Waals surface area contributed by atoms with Crippen LogP contribution in [0.15, 0.2) is 42.5 Å². The van der Waals surface area contributed by atoms with Crippen molar-refractivity contribution in [3.05, 3.63) is 59.3 Å². The average molecular weight is 348 g/mol. The lowest BCUT2D eigenvalue weighted by molar-refractivity contribution is 0.397. The Labute approximate surface area is 154 Å². The van der Waals surface area contributed by atoms with Crippen molar-refractivity contribution in [1.82, 2.24) is 4.98 Å². The topological polar surface area (TPSA) is 34.6 Å². The van der Waals surface area contributed by atoms with Gasteiger partial charge in [-0.2, -0.15) is 0 Å². The minimum atomic E-state index is 0.764. The number of pyridine rings is 1. The Kier molecular flexibility index (Phi) is 4.41. The van der Waals surface area contributed by atoms with Crippen LogP contribution in [0.4, 0.5) is 5.69 Å². The smallest absolute Gasteiger partial charge is 0.148 e. The molecular weight excluding hydrogens is 324 g/mol. The van der Waals surface area contributed by atoms with E-state index in [9.17, 15) is 0 Å². The van der Waals surface area contributed by atoms with Gasteiger partial charge in [-0.15, -0.1) is 0 Å². The maximum absolute atomic E-state index is 5.59. The van der Waals surface area contributed by atoms with Crippen LogP contribution in [0.25, 0.3) is 10.9 Å². The number of fused-ring (bicyclic) bond motifs is 3. The van der Waals surface area contributed by atoms with E-state index in [-0.39, 0.29) is 0 Å². The molecule has 0 saturated carbocycles. The summed E-state index contributed by atoms with van der Waals surface area (Å²) < 4.78 is 11.1. The first-order chi connectivity index (χ1) is 12.7. The first-order valence-electron chi connectivity index (χ1n) is 9.05. The molecule has 0 saturated heterocycles. The number of nitrogens with zero attached hydrogens (tertiary/aromatic N) is 2. The van der Waals surface area contributed by atoms with Crippen LogP contribution >= 0.6 is 0 Å². The molecule has 2 aromatic carbocycles. The molecule has 0 radical (unpaired) electrons. The number of benzene rings is 2. The highest BCUT2D eigenvalue weighted by atomic mass is 16.5. The molecule has 1 aromatic heterocycles. The fourth-order valence-electron chi connectivity index (χ4n) is 3.87. The second-order valence-electron chi connectivity index (χ2n) is 6.72. The van der Waals surface area contributed by atoms with Gasteiger partial charge in [-0.3, -0.25) is 0 Å². The van der Waals surface area contributed by atoms with Crippen molar-refractivity contribution in [2.45, 2.75) is 19.8 Å². The Morgan fingerprint density at radius 3 is 2.62 bits per heavy atom. The van der Waals surface area contributed by atoms with Crippen LogP contribution in [0.5, 0.6) is 11.5 Å². The third-order valence-electron chi connectivity index (χ3n) is 5.22. The Balaban J connectivity index is 1.78. The molecule has 0 fully saturated rings. The highest BCUT2D eigenvalue weighted by molar-refractivity contribution is 5.99. The fraction of sp³-hybridized carbons (Fsp3) is 0.318. The van der Waals surface area contributed by atoms with Gasteiger partial charge in [0.2, 0.25) is 0 Å². The van der Waals surface area contributed by atoms with Gasteiger partial charge in [-0.25, -0.2) is 4.98 Å². The number of aromatic nitrogens is 1. The third-order valence-corrected chi connectivity index (χ3v) is 5.22. The van der Waals surface area contributed by atoms with Gasteiger partial charge in [0.15, 0.2) is 0 Å². The van der Waals surface area contributed by atoms with Crippen LogP contribution in [0.1, 0.15) is 16.8 Å². The van der Waals surface area contributed by atoms with Gasteiger partial charge in [0.25, 0.3) is 0 Å². The maximum Gasteiger partial charge on any atom is 0.148 e.